The lowest BCUT2D eigenvalue weighted by molar-refractivity contribution is -0.143. The molecule has 0 N–H and O–H groups in total. The van der Waals surface area contributed by atoms with Crippen molar-refractivity contribution in [1.29, 1.82) is 0 Å². The monoisotopic (exact) mass is 307 g/mol. The van der Waals surface area contributed by atoms with Gasteiger partial charge in [0.1, 0.15) is 0 Å². The van der Waals surface area contributed by atoms with Crippen LogP contribution in [0.5, 0.6) is 0 Å². The average molecular weight is 307 g/mol. The van der Waals surface area contributed by atoms with Gasteiger partial charge in [-0.25, -0.2) is 0 Å². The fourth-order valence-corrected chi connectivity index (χ4v) is 4.74. The minimum absolute atomic E-state index is 0.149. The van der Waals surface area contributed by atoms with E-state index in [0.29, 0.717) is 35.1 Å². The van der Waals surface area contributed by atoms with Crippen molar-refractivity contribution in [2.24, 2.45) is 29.1 Å². The molecule has 1 spiro atoms. The van der Waals surface area contributed by atoms with E-state index < -0.39 is 0 Å². The van der Waals surface area contributed by atoms with Crippen LogP contribution < -0.4 is 0 Å². The highest BCUT2D eigenvalue weighted by molar-refractivity contribution is 5.80. The highest BCUT2D eigenvalue weighted by Crippen LogP contribution is 2.56. The molecule has 1 saturated carbocycles. The molecule has 2 heterocycles. The Labute approximate surface area is 135 Å². The second-order valence-electron chi connectivity index (χ2n) is 8.73. The van der Waals surface area contributed by atoms with E-state index in [2.05, 4.69) is 32.6 Å². The maximum atomic E-state index is 13.4. The number of amides is 1. The quantitative estimate of drug-likeness (QED) is 0.792. The molecule has 3 nitrogen and oxygen atoms in total. The Hall–Kier alpha value is -0.570. The van der Waals surface area contributed by atoms with E-state index in [9.17, 15) is 4.79 Å². The van der Waals surface area contributed by atoms with Gasteiger partial charge in [0.15, 0.2) is 0 Å². The molecule has 2 unspecified atom stereocenters. The van der Waals surface area contributed by atoms with Crippen LogP contribution in [0.2, 0.25) is 0 Å². The molecule has 0 aromatic carbocycles. The van der Waals surface area contributed by atoms with E-state index in [1.807, 2.05) is 0 Å². The van der Waals surface area contributed by atoms with Gasteiger partial charge in [-0.1, -0.05) is 27.7 Å². The molecule has 22 heavy (non-hydrogen) atoms. The molecule has 2 aliphatic heterocycles. The first-order valence-electron chi connectivity index (χ1n) is 9.32. The third-order valence-electron chi connectivity index (χ3n) is 6.26. The van der Waals surface area contributed by atoms with Crippen molar-refractivity contribution in [3.05, 3.63) is 0 Å². The Kier molecular flexibility index (Phi) is 4.55. The lowest BCUT2D eigenvalue weighted by atomic mass is 9.79. The van der Waals surface area contributed by atoms with Crippen LogP contribution in [0, 0.1) is 29.1 Å². The Morgan fingerprint density at radius 1 is 1.23 bits per heavy atom. The van der Waals surface area contributed by atoms with Crippen molar-refractivity contribution < 1.29 is 9.53 Å². The fourth-order valence-electron chi connectivity index (χ4n) is 4.74. The van der Waals surface area contributed by atoms with Gasteiger partial charge in [-0.05, 0) is 55.3 Å². The van der Waals surface area contributed by atoms with Crippen LogP contribution >= 0.6 is 0 Å². The molecule has 3 atom stereocenters. The van der Waals surface area contributed by atoms with Gasteiger partial charge in [0.05, 0.1) is 6.61 Å². The summed E-state index contributed by atoms with van der Waals surface area (Å²) in [6.45, 7) is 11.7. The molecular formula is C19H33NO2. The van der Waals surface area contributed by atoms with Gasteiger partial charge in [0.25, 0.3) is 0 Å². The van der Waals surface area contributed by atoms with Crippen molar-refractivity contribution in [3.63, 3.8) is 0 Å². The number of hydrogen-bond acceptors (Lipinski definition) is 2. The highest BCUT2D eigenvalue weighted by Gasteiger charge is 2.54. The lowest BCUT2D eigenvalue weighted by Crippen LogP contribution is -2.47. The number of ether oxygens (including phenoxy) is 1. The van der Waals surface area contributed by atoms with Gasteiger partial charge in [0, 0.05) is 25.1 Å². The van der Waals surface area contributed by atoms with Crippen LogP contribution in [0.3, 0.4) is 0 Å². The molecular weight excluding hydrogens is 274 g/mol. The molecule has 1 aliphatic carbocycles. The lowest BCUT2D eigenvalue weighted by Gasteiger charge is -2.37. The average Bonchev–Trinajstić information content (AvgIpc) is 3.10. The molecule has 0 radical (unpaired) electrons. The van der Waals surface area contributed by atoms with Crippen LogP contribution in [0.25, 0.3) is 0 Å². The first kappa shape index (κ1) is 16.3. The standard InChI is InChI=1S/C19H33NO2/c1-13(2)16-10-19(7-8-19)12-20(16)18(21)17(14(3)4)15-6-5-9-22-11-15/h13-17H,5-12H2,1-4H3/t15?,16-,17?/m0/s1. The normalized spacial score (nSPS) is 32.0. The van der Waals surface area contributed by atoms with E-state index in [1.165, 1.54) is 19.3 Å². The number of likely N-dealkylation sites (tertiary alicyclic amines) is 1. The van der Waals surface area contributed by atoms with E-state index >= 15 is 0 Å². The van der Waals surface area contributed by atoms with Crippen molar-refractivity contribution in [3.8, 4) is 0 Å². The van der Waals surface area contributed by atoms with Gasteiger partial charge in [-0.2, -0.15) is 0 Å². The van der Waals surface area contributed by atoms with Crippen LogP contribution in [-0.2, 0) is 9.53 Å². The Morgan fingerprint density at radius 2 is 1.95 bits per heavy atom. The van der Waals surface area contributed by atoms with Gasteiger partial charge in [-0.15, -0.1) is 0 Å². The number of carbonyl (C=O) groups excluding carboxylic acids is 1. The van der Waals surface area contributed by atoms with Crippen LogP contribution in [0.15, 0.2) is 0 Å². The third-order valence-corrected chi connectivity index (χ3v) is 6.26. The maximum Gasteiger partial charge on any atom is 0.226 e. The zero-order valence-electron chi connectivity index (χ0n) is 14.8. The van der Waals surface area contributed by atoms with Crippen molar-refractivity contribution in [1.82, 2.24) is 4.90 Å². The molecule has 126 valence electrons. The first-order chi connectivity index (χ1) is 10.4. The number of rotatable bonds is 4. The van der Waals surface area contributed by atoms with Gasteiger partial charge in [0.2, 0.25) is 5.91 Å². The van der Waals surface area contributed by atoms with Gasteiger partial charge < -0.3 is 9.64 Å². The molecule has 0 bridgehead atoms. The Balaban J connectivity index is 1.76. The number of nitrogens with zero attached hydrogens (tertiary/aromatic N) is 1. The zero-order chi connectivity index (χ0) is 15.9. The predicted octanol–water partition coefficient (Wildman–Crippen LogP) is 3.72. The van der Waals surface area contributed by atoms with E-state index in [-0.39, 0.29) is 5.92 Å². The van der Waals surface area contributed by atoms with Crippen molar-refractivity contribution in [2.75, 3.05) is 19.8 Å². The molecule has 0 aromatic rings. The largest absolute Gasteiger partial charge is 0.381 e. The maximum absolute atomic E-state index is 13.4. The third kappa shape index (κ3) is 3.06. The second kappa shape index (κ2) is 6.14. The predicted molar refractivity (Wildman–Crippen MR) is 88.5 cm³/mol. The highest BCUT2D eigenvalue weighted by atomic mass is 16.5. The summed E-state index contributed by atoms with van der Waals surface area (Å²) in [4.78, 5) is 15.7. The smallest absolute Gasteiger partial charge is 0.226 e. The number of carbonyl (C=O) groups is 1. The van der Waals surface area contributed by atoms with Gasteiger partial charge in [-0.3, -0.25) is 4.79 Å². The van der Waals surface area contributed by atoms with Crippen molar-refractivity contribution in [2.45, 2.75) is 65.8 Å². The zero-order valence-corrected chi connectivity index (χ0v) is 14.8. The molecule has 3 rings (SSSR count). The fraction of sp³-hybridized carbons (Fsp3) is 0.947. The summed E-state index contributed by atoms with van der Waals surface area (Å²) in [7, 11) is 0. The summed E-state index contributed by atoms with van der Waals surface area (Å²) >= 11 is 0. The van der Waals surface area contributed by atoms with Crippen LogP contribution in [-0.4, -0.2) is 36.6 Å². The van der Waals surface area contributed by atoms with E-state index in [4.69, 9.17) is 4.74 Å². The molecule has 2 saturated heterocycles. The van der Waals surface area contributed by atoms with E-state index in [1.54, 1.807) is 0 Å². The molecule has 3 heteroatoms. The summed E-state index contributed by atoms with van der Waals surface area (Å²) in [6, 6.07) is 0.459. The minimum Gasteiger partial charge on any atom is -0.381 e. The summed E-state index contributed by atoms with van der Waals surface area (Å²) in [5.74, 6) is 1.97. The van der Waals surface area contributed by atoms with Gasteiger partial charge >= 0.3 is 0 Å². The first-order valence-corrected chi connectivity index (χ1v) is 9.32. The van der Waals surface area contributed by atoms with Crippen LogP contribution in [0.4, 0.5) is 0 Å². The van der Waals surface area contributed by atoms with Crippen LogP contribution in [0.1, 0.15) is 59.8 Å². The minimum atomic E-state index is 0.149. The molecule has 0 aromatic heterocycles. The van der Waals surface area contributed by atoms with Crippen molar-refractivity contribution >= 4 is 5.91 Å². The van der Waals surface area contributed by atoms with E-state index in [0.717, 1.165) is 32.6 Å². The molecule has 1 amide bonds. The Bertz CT molecular complexity index is 408. The second-order valence-corrected chi connectivity index (χ2v) is 8.73. The topological polar surface area (TPSA) is 29.5 Å². The number of hydrogen-bond donors (Lipinski definition) is 0. The summed E-state index contributed by atoms with van der Waals surface area (Å²) in [5, 5.41) is 0. The Morgan fingerprint density at radius 3 is 2.45 bits per heavy atom. The molecule has 3 aliphatic rings. The SMILES string of the molecule is CC(C)C(C(=O)N1CC2(CC2)C[C@H]1C(C)C)C1CCCOC1. The molecule has 3 fully saturated rings. The summed E-state index contributed by atoms with van der Waals surface area (Å²) in [6.07, 6.45) is 6.17. The summed E-state index contributed by atoms with van der Waals surface area (Å²) < 4.78 is 5.68. The summed E-state index contributed by atoms with van der Waals surface area (Å²) in [5.41, 5.74) is 0.495.